The number of halogens is 1. The van der Waals surface area contributed by atoms with Crippen LogP contribution in [0.4, 0.5) is 9.52 Å². The zero-order valence-corrected chi connectivity index (χ0v) is 17.7. The van der Waals surface area contributed by atoms with E-state index in [4.69, 9.17) is 0 Å². The summed E-state index contributed by atoms with van der Waals surface area (Å²) in [6.45, 7) is 2.72. The Bertz CT molecular complexity index is 1140. The maximum absolute atomic E-state index is 13.1. The molecule has 0 saturated carbocycles. The molecule has 0 atom stereocenters. The molecule has 0 saturated heterocycles. The molecule has 9 heteroatoms. The molecule has 4 rings (SSSR count). The molecule has 0 unspecified atom stereocenters. The monoisotopic (exact) mass is 439 g/mol. The molecule has 2 aromatic carbocycles. The summed E-state index contributed by atoms with van der Waals surface area (Å²) < 4.78 is 15.1. The summed E-state index contributed by atoms with van der Waals surface area (Å²) in [7, 11) is 0. The zero-order valence-electron chi connectivity index (χ0n) is 16.1. The van der Waals surface area contributed by atoms with E-state index >= 15 is 0 Å². The molecule has 2 heterocycles. The van der Waals surface area contributed by atoms with Crippen molar-refractivity contribution < 1.29 is 9.18 Å². The number of benzene rings is 2. The standard InChI is InChI=1S/C21H18FN5OS2/c1-2-27-19(15-6-4-3-5-7-15)25-26-21(27)30-13-18(28)24-20-23-17(12-29-20)14-8-10-16(22)11-9-14/h3-12H,2,13H2,1H3,(H,23,24,28). The number of rotatable bonds is 7. The second kappa shape index (κ2) is 9.19. The van der Waals surface area contributed by atoms with Gasteiger partial charge in [0.1, 0.15) is 5.82 Å². The zero-order chi connectivity index (χ0) is 20.9. The molecule has 1 amide bonds. The third-order valence-electron chi connectivity index (χ3n) is 4.29. The van der Waals surface area contributed by atoms with Crippen LogP contribution in [0.3, 0.4) is 0 Å². The minimum Gasteiger partial charge on any atom is -0.302 e. The highest BCUT2D eigenvalue weighted by molar-refractivity contribution is 7.99. The molecule has 0 aliphatic rings. The van der Waals surface area contributed by atoms with Crippen LogP contribution in [0.5, 0.6) is 0 Å². The van der Waals surface area contributed by atoms with E-state index in [1.807, 2.05) is 47.2 Å². The Morgan fingerprint density at radius 1 is 1.10 bits per heavy atom. The minimum atomic E-state index is -0.296. The Balaban J connectivity index is 1.39. The van der Waals surface area contributed by atoms with Gasteiger partial charge in [0.25, 0.3) is 0 Å². The van der Waals surface area contributed by atoms with E-state index in [9.17, 15) is 9.18 Å². The molecular formula is C21H18FN5OS2. The molecule has 0 spiro atoms. The van der Waals surface area contributed by atoms with Crippen LogP contribution in [0.15, 0.2) is 65.1 Å². The SMILES string of the molecule is CCn1c(SCC(=O)Nc2nc(-c3ccc(F)cc3)cs2)nnc1-c1ccccc1. The molecule has 0 aliphatic carbocycles. The molecule has 0 bridgehead atoms. The van der Waals surface area contributed by atoms with Crippen molar-refractivity contribution in [2.75, 3.05) is 11.1 Å². The van der Waals surface area contributed by atoms with Crippen LogP contribution >= 0.6 is 23.1 Å². The van der Waals surface area contributed by atoms with Gasteiger partial charge >= 0.3 is 0 Å². The van der Waals surface area contributed by atoms with Crippen LogP contribution in [0.25, 0.3) is 22.6 Å². The van der Waals surface area contributed by atoms with Crippen molar-refractivity contribution in [1.82, 2.24) is 19.7 Å². The summed E-state index contributed by atoms with van der Waals surface area (Å²) in [5, 5.41) is 14.4. The summed E-state index contributed by atoms with van der Waals surface area (Å²) >= 11 is 2.66. The van der Waals surface area contributed by atoms with Crippen LogP contribution < -0.4 is 5.32 Å². The number of hydrogen-bond acceptors (Lipinski definition) is 6. The summed E-state index contributed by atoms with van der Waals surface area (Å²) in [6, 6.07) is 15.9. The smallest absolute Gasteiger partial charge is 0.236 e. The summed E-state index contributed by atoms with van der Waals surface area (Å²) in [5.74, 6) is 0.505. The van der Waals surface area contributed by atoms with E-state index in [2.05, 4.69) is 20.5 Å². The first-order valence-electron chi connectivity index (χ1n) is 9.26. The van der Waals surface area contributed by atoms with Gasteiger partial charge in [-0.25, -0.2) is 9.37 Å². The number of thioether (sulfide) groups is 1. The third-order valence-corrected chi connectivity index (χ3v) is 6.01. The van der Waals surface area contributed by atoms with Crippen molar-refractivity contribution in [3.8, 4) is 22.6 Å². The Morgan fingerprint density at radius 2 is 1.87 bits per heavy atom. The van der Waals surface area contributed by atoms with E-state index in [1.54, 1.807) is 12.1 Å². The van der Waals surface area contributed by atoms with Gasteiger partial charge in [0.15, 0.2) is 16.1 Å². The van der Waals surface area contributed by atoms with Crippen molar-refractivity contribution in [2.45, 2.75) is 18.6 Å². The molecule has 0 fully saturated rings. The molecule has 6 nitrogen and oxygen atoms in total. The van der Waals surface area contributed by atoms with Gasteiger partial charge in [-0.15, -0.1) is 21.5 Å². The number of anilines is 1. The quantitative estimate of drug-likeness (QED) is 0.412. The van der Waals surface area contributed by atoms with E-state index in [0.29, 0.717) is 22.5 Å². The average Bonchev–Trinajstić information content (AvgIpc) is 3.40. The van der Waals surface area contributed by atoms with Crippen molar-refractivity contribution in [3.63, 3.8) is 0 Å². The van der Waals surface area contributed by atoms with Crippen LogP contribution in [0, 0.1) is 5.82 Å². The minimum absolute atomic E-state index is 0.174. The van der Waals surface area contributed by atoms with Gasteiger partial charge in [0.2, 0.25) is 5.91 Å². The van der Waals surface area contributed by atoms with E-state index in [-0.39, 0.29) is 17.5 Å². The number of nitrogens with zero attached hydrogens (tertiary/aromatic N) is 4. The number of amides is 1. The first-order chi connectivity index (χ1) is 14.6. The lowest BCUT2D eigenvalue weighted by atomic mass is 10.2. The van der Waals surface area contributed by atoms with E-state index in [1.165, 1.54) is 35.2 Å². The van der Waals surface area contributed by atoms with Gasteiger partial charge in [0.05, 0.1) is 11.4 Å². The number of aromatic nitrogens is 4. The van der Waals surface area contributed by atoms with E-state index in [0.717, 1.165) is 17.0 Å². The maximum Gasteiger partial charge on any atom is 0.236 e. The number of thiazole rings is 1. The maximum atomic E-state index is 13.1. The predicted octanol–water partition coefficient (Wildman–Crippen LogP) is 4.96. The Labute approximate surface area is 181 Å². The van der Waals surface area contributed by atoms with Crippen molar-refractivity contribution in [3.05, 3.63) is 65.8 Å². The number of nitrogens with one attached hydrogen (secondary N) is 1. The Kier molecular flexibility index (Phi) is 6.20. The van der Waals surface area contributed by atoms with Gasteiger partial charge in [-0.3, -0.25) is 4.79 Å². The second-order valence-electron chi connectivity index (χ2n) is 6.30. The fraction of sp³-hybridized carbons (Fsp3) is 0.143. The van der Waals surface area contributed by atoms with Gasteiger partial charge in [-0.2, -0.15) is 0 Å². The van der Waals surface area contributed by atoms with Crippen molar-refractivity contribution >= 4 is 34.1 Å². The molecule has 0 aliphatic heterocycles. The van der Waals surface area contributed by atoms with Gasteiger partial charge < -0.3 is 9.88 Å². The van der Waals surface area contributed by atoms with Crippen LogP contribution in [0.1, 0.15) is 6.92 Å². The van der Waals surface area contributed by atoms with Crippen LogP contribution in [-0.2, 0) is 11.3 Å². The predicted molar refractivity (Wildman–Crippen MR) is 118 cm³/mol. The number of carbonyl (C=O) groups is 1. The second-order valence-corrected chi connectivity index (χ2v) is 8.10. The first-order valence-corrected chi connectivity index (χ1v) is 11.1. The molecule has 2 aromatic heterocycles. The normalized spacial score (nSPS) is 10.9. The highest BCUT2D eigenvalue weighted by Gasteiger charge is 2.15. The lowest BCUT2D eigenvalue weighted by molar-refractivity contribution is -0.113. The first kappa shape index (κ1) is 20.2. The average molecular weight is 440 g/mol. The van der Waals surface area contributed by atoms with E-state index < -0.39 is 0 Å². The lowest BCUT2D eigenvalue weighted by Gasteiger charge is -2.07. The summed E-state index contributed by atoms with van der Waals surface area (Å²) in [5.41, 5.74) is 2.48. The summed E-state index contributed by atoms with van der Waals surface area (Å²) in [4.78, 5) is 16.8. The molecular weight excluding hydrogens is 421 g/mol. The molecule has 152 valence electrons. The number of hydrogen-bond donors (Lipinski definition) is 1. The van der Waals surface area contributed by atoms with Gasteiger partial charge in [0, 0.05) is 23.1 Å². The molecule has 0 radical (unpaired) electrons. The fourth-order valence-corrected chi connectivity index (χ4v) is 4.39. The van der Waals surface area contributed by atoms with Gasteiger partial charge in [-0.1, -0.05) is 42.1 Å². The molecule has 30 heavy (non-hydrogen) atoms. The molecule has 1 N–H and O–H groups in total. The van der Waals surface area contributed by atoms with Crippen LogP contribution in [0.2, 0.25) is 0 Å². The van der Waals surface area contributed by atoms with Crippen molar-refractivity contribution in [1.29, 1.82) is 0 Å². The largest absolute Gasteiger partial charge is 0.302 e. The topological polar surface area (TPSA) is 72.7 Å². The lowest BCUT2D eigenvalue weighted by Crippen LogP contribution is -2.14. The highest BCUT2D eigenvalue weighted by atomic mass is 32.2. The fourth-order valence-electron chi connectivity index (χ4n) is 2.85. The summed E-state index contributed by atoms with van der Waals surface area (Å²) in [6.07, 6.45) is 0. The highest BCUT2D eigenvalue weighted by Crippen LogP contribution is 2.26. The third kappa shape index (κ3) is 4.58. The van der Waals surface area contributed by atoms with Crippen LogP contribution in [-0.4, -0.2) is 31.4 Å². The van der Waals surface area contributed by atoms with Crippen molar-refractivity contribution in [2.24, 2.45) is 0 Å². The Morgan fingerprint density at radius 3 is 2.60 bits per heavy atom. The molecule has 4 aromatic rings. The Hall–Kier alpha value is -3.04. The number of carbonyl (C=O) groups excluding carboxylic acids is 1. The van der Waals surface area contributed by atoms with Gasteiger partial charge in [-0.05, 0) is 31.2 Å².